The van der Waals surface area contributed by atoms with Gasteiger partial charge in [-0.05, 0) is 24.5 Å². The average Bonchev–Trinajstić information content (AvgIpc) is 2.74. The molecule has 1 aromatic carbocycles. The molecule has 0 aromatic heterocycles. The number of halogens is 3. The molecule has 0 radical (unpaired) electrons. The molecule has 0 amide bonds. The first-order chi connectivity index (χ1) is 8.16. The van der Waals surface area contributed by atoms with Crippen LogP contribution < -0.4 is 5.32 Å². The molecule has 0 saturated heterocycles. The van der Waals surface area contributed by atoms with Gasteiger partial charge >= 0.3 is 0 Å². The first-order valence-electron chi connectivity index (χ1n) is 6.05. The summed E-state index contributed by atoms with van der Waals surface area (Å²) in [5.41, 5.74) is 0.646. The number of rotatable bonds is 4. The number of hydrogen-bond acceptors (Lipinski definition) is 1. The lowest BCUT2D eigenvalue weighted by Crippen LogP contribution is -2.07. The van der Waals surface area contributed by atoms with Gasteiger partial charge in [0.25, 0.3) is 0 Å². The van der Waals surface area contributed by atoms with Crippen molar-refractivity contribution in [3.63, 3.8) is 0 Å². The Morgan fingerprint density at radius 1 is 1.18 bits per heavy atom. The topological polar surface area (TPSA) is 12.0 Å². The van der Waals surface area contributed by atoms with E-state index < -0.39 is 5.82 Å². The highest BCUT2D eigenvalue weighted by Crippen LogP contribution is 2.32. The summed E-state index contributed by atoms with van der Waals surface area (Å²) in [6.07, 6.45) is 6.48. The summed E-state index contributed by atoms with van der Waals surface area (Å²) < 4.78 is 13.0. The van der Waals surface area contributed by atoms with E-state index in [1.807, 2.05) is 0 Å². The summed E-state index contributed by atoms with van der Waals surface area (Å²) in [4.78, 5) is 0. The van der Waals surface area contributed by atoms with Crippen molar-refractivity contribution in [2.75, 3.05) is 11.9 Å². The Bertz CT molecular complexity index is 366. The van der Waals surface area contributed by atoms with E-state index in [-0.39, 0.29) is 0 Å². The molecule has 1 nitrogen and oxygen atoms in total. The van der Waals surface area contributed by atoms with E-state index in [2.05, 4.69) is 5.32 Å². The Kier molecular flexibility index (Phi) is 4.52. The third-order valence-electron chi connectivity index (χ3n) is 3.34. The van der Waals surface area contributed by atoms with Gasteiger partial charge in [-0.3, -0.25) is 0 Å². The summed E-state index contributed by atoms with van der Waals surface area (Å²) in [7, 11) is 0. The summed E-state index contributed by atoms with van der Waals surface area (Å²) >= 11 is 11.9. The number of benzene rings is 1. The Morgan fingerprint density at radius 3 is 2.35 bits per heavy atom. The quantitative estimate of drug-likeness (QED) is 0.804. The van der Waals surface area contributed by atoms with E-state index in [1.54, 1.807) is 0 Å². The van der Waals surface area contributed by atoms with Crippen molar-refractivity contribution in [1.29, 1.82) is 0 Å². The van der Waals surface area contributed by atoms with Crippen molar-refractivity contribution in [2.24, 2.45) is 5.92 Å². The summed E-state index contributed by atoms with van der Waals surface area (Å²) in [6.45, 7) is 0.843. The fourth-order valence-corrected chi connectivity index (χ4v) is 3.01. The molecular formula is C13H16Cl2FN. The Hall–Kier alpha value is -0.470. The molecule has 1 aliphatic rings. The van der Waals surface area contributed by atoms with Crippen molar-refractivity contribution in [1.82, 2.24) is 0 Å². The molecule has 4 heteroatoms. The van der Waals surface area contributed by atoms with Gasteiger partial charge < -0.3 is 5.32 Å². The lowest BCUT2D eigenvalue weighted by atomic mass is 10.0. The Balaban J connectivity index is 1.89. The van der Waals surface area contributed by atoms with E-state index in [9.17, 15) is 4.39 Å². The van der Waals surface area contributed by atoms with Crippen LogP contribution in [0.1, 0.15) is 32.1 Å². The second-order valence-corrected chi connectivity index (χ2v) is 5.42. The predicted molar refractivity (Wildman–Crippen MR) is 71.5 cm³/mol. The SMILES string of the molecule is Fc1cc(Cl)c(NCCC2CCCC2)c(Cl)c1. The van der Waals surface area contributed by atoms with Gasteiger partial charge in [-0.1, -0.05) is 48.9 Å². The first kappa shape index (κ1) is 13.0. The van der Waals surface area contributed by atoms with Crippen molar-refractivity contribution < 1.29 is 4.39 Å². The second-order valence-electron chi connectivity index (χ2n) is 4.61. The third kappa shape index (κ3) is 3.49. The molecule has 0 heterocycles. The van der Waals surface area contributed by atoms with E-state index in [1.165, 1.54) is 37.8 Å². The van der Waals surface area contributed by atoms with Crippen LogP contribution in [0.4, 0.5) is 10.1 Å². The van der Waals surface area contributed by atoms with Crippen LogP contribution in [0.2, 0.25) is 10.0 Å². The number of hydrogen-bond donors (Lipinski definition) is 1. The van der Waals surface area contributed by atoms with Gasteiger partial charge in [0.05, 0.1) is 15.7 Å². The fraction of sp³-hybridized carbons (Fsp3) is 0.538. The zero-order valence-electron chi connectivity index (χ0n) is 9.61. The zero-order chi connectivity index (χ0) is 12.3. The number of nitrogens with one attached hydrogen (secondary N) is 1. The second kappa shape index (κ2) is 5.92. The van der Waals surface area contributed by atoms with E-state index >= 15 is 0 Å². The van der Waals surface area contributed by atoms with Crippen LogP contribution in [0.15, 0.2) is 12.1 Å². The first-order valence-corrected chi connectivity index (χ1v) is 6.81. The highest BCUT2D eigenvalue weighted by molar-refractivity contribution is 6.39. The Labute approximate surface area is 111 Å². The van der Waals surface area contributed by atoms with Gasteiger partial charge in [0, 0.05) is 6.54 Å². The molecule has 2 rings (SSSR count). The monoisotopic (exact) mass is 275 g/mol. The van der Waals surface area contributed by atoms with Crippen LogP contribution in [0.5, 0.6) is 0 Å². The lowest BCUT2D eigenvalue weighted by molar-refractivity contribution is 0.518. The van der Waals surface area contributed by atoms with Crippen LogP contribution in [0.25, 0.3) is 0 Å². The van der Waals surface area contributed by atoms with Gasteiger partial charge in [0.15, 0.2) is 0 Å². The highest BCUT2D eigenvalue weighted by Gasteiger charge is 2.15. The molecule has 1 saturated carbocycles. The summed E-state index contributed by atoms with van der Waals surface area (Å²) in [6, 6.07) is 2.57. The highest BCUT2D eigenvalue weighted by atomic mass is 35.5. The molecule has 0 spiro atoms. The molecule has 1 N–H and O–H groups in total. The molecule has 1 aromatic rings. The lowest BCUT2D eigenvalue weighted by Gasteiger charge is -2.13. The molecule has 0 bridgehead atoms. The van der Waals surface area contributed by atoms with Crippen molar-refractivity contribution in [3.8, 4) is 0 Å². The van der Waals surface area contributed by atoms with Crippen molar-refractivity contribution >= 4 is 28.9 Å². The van der Waals surface area contributed by atoms with Gasteiger partial charge in [-0.25, -0.2) is 4.39 Å². The van der Waals surface area contributed by atoms with E-state index in [0.29, 0.717) is 15.7 Å². The van der Waals surface area contributed by atoms with Crippen LogP contribution in [-0.4, -0.2) is 6.54 Å². The number of anilines is 1. The van der Waals surface area contributed by atoms with Crippen molar-refractivity contribution in [3.05, 3.63) is 28.0 Å². The van der Waals surface area contributed by atoms with Crippen molar-refractivity contribution in [2.45, 2.75) is 32.1 Å². The molecule has 1 fully saturated rings. The van der Waals surface area contributed by atoms with Gasteiger partial charge in [0.2, 0.25) is 0 Å². The maximum Gasteiger partial charge on any atom is 0.126 e. The minimum Gasteiger partial charge on any atom is -0.383 e. The molecule has 0 unspecified atom stereocenters. The van der Waals surface area contributed by atoms with Gasteiger partial charge in [-0.2, -0.15) is 0 Å². The zero-order valence-corrected chi connectivity index (χ0v) is 11.1. The van der Waals surface area contributed by atoms with Gasteiger partial charge in [-0.15, -0.1) is 0 Å². The fourth-order valence-electron chi connectivity index (χ4n) is 2.41. The minimum absolute atomic E-state index is 0.349. The predicted octanol–water partition coefficient (Wildman–Crippen LogP) is 5.12. The smallest absolute Gasteiger partial charge is 0.126 e. The molecule has 1 aliphatic carbocycles. The summed E-state index contributed by atoms with van der Waals surface area (Å²) in [5, 5.41) is 3.90. The molecule has 0 aliphatic heterocycles. The average molecular weight is 276 g/mol. The van der Waals surface area contributed by atoms with Crippen LogP contribution in [0.3, 0.4) is 0 Å². The van der Waals surface area contributed by atoms with E-state index in [4.69, 9.17) is 23.2 Å². The summed E-state index contributed by atoms with van der Waals surface area (Å²) in [5.74, 6) is 0.418. The maximum absolute atomic E-state index is 13.0. The minimum atomic E-state index is -0.402. The molecule has 0 atom stereocenters. The normalized spacial score (nSPS) is 16.4. The molecular weight excluding hydrogens is 260 g/mol. The van der Waals surface area contributed by atoms with E-state index in [0.717, 1.165) is 18.9 Å². The standard InChI is InChI=1S/C13H16Cl2FN/c14-11-7-10(16)8-12(15)13(11)17-6-5-9-3-1-2-4-9/h7-9,17H,1-6H2. The van der Waals surface area contributed by atoms with Crippen LogP contribution in [0, 0.1) is 11.7 Å². The maximum atomic E-state index is 13.0. The largest absolute Gasteiger partial charge is 0.383 e. The van der Waals surface area contributed by atoms with Gasteiger partial charge in [0.1, 0.15) is 5.82 Å². The molecule has 17 heavy (non-hydrogen) atoms. The van der Waals surface area contributed by atoms with Crippen LogP contribution in [-0.2, 0) is 0 Å². The third-order valence-corrected chi connectivity index (χ3v) is 3.93. The molecule has 94 valence electrons. The Morgan fingerprint density at radius 2 is 1.76 bits per heavy atom. The van der Waals surface area contributed by atoms with Crippen LogP contribution >= 0.6 is 23.2 Å².